The molecular weight excluding hydrogens is 248 g/mol. The van der Waals surface area contributed by atoms with Gasteiger partial charge >= 0.3 is 0 Å². The molecule has 1 unspecified atom stereocenters. The summed E-state index contributed by atoms with van der Waals surface area (Å²) in [5.74, 6) is 0. The molecule has 4 heteroatoms. The van der Waals surface area contributed by atoms with Crippen molar-refractivity contribution in [3.63, 3.8) is 0 Å². The molecule has 0 saturated carbocycles. The van der Waals surface area contributed by atoms with Crippen LogP contribution in [0.4, 0.5) is 0 Å². The van der Waals surface area contributed by atoms with Crippen LogP contribution >= 0.6 is 0 Å². The van der Waals surface area contributed by atoms with Gasteiger partial charge < -0.3 is 5.73 Å². The van der Waals surface area contributed by atoms with E-state index in [0.717, 1.165) is 30.6 Å². The molecule has 0 fully saturated rings. The molecule has 2 N–H and O–H groups in total. The van der Waals surface area contributed by atoms with Gasteiger partial charge in [0.1, 0.15) is 5.69 Å². The standard InChI is InChI=1S/C16H22N4/c1-16(2,3)11-7-9-12(10-8-11)20-14-6-4-5-13(17)15(14)18-19-20/h7-10,13H,4-6,17H2,1-3H3. The molecular formula is C16H22N4. The summed E-state index contributed by atoms with van der Waals surface area (Å²) in [6.07, 6.45) is 3.13. The van der Waals surface area contributed by atoms with Crippen molar-refractivity contribution in [2.24, 2.45) is 5.73 Å². The predicted octanol–water partition coefficient (Wildman–Crippen LogP) is 2.90. The van der Waals surface area contributed by atoms with Gasteiger partial charge in [-0.05, 0) is 42.4 Å². The Bertz CT molecular complexity index is 604. The summed E-state index contributed by atoms with van der Waals surface area (Å²) >= 11 is 0. The van der Waals surface area contributed by atoms with E-state index in [9.17, 15) is 0 Å². The van der Waals surface area contributed by atoms with Gasteiger partial charge in [-0.15, -0.1) is 5.10 Å². The van der Waals surface area contributed by atoms with E-state index in [1.165, 1.54) is 11.3 Å². The van der Waals surface area contributed by atoms with E-state index in [4.69, 9.17) is 5.73 Å². The highest BCUT2D eigenvalue weighted by atomic mass is 15.4. The average molecular weight is 270 g/mol. The second-order valence-corrected chi connectivity index (χ2v) is 6.63. The molecule has 4 nitrogen and oxygen atoms in total. The predicted molar refractivity (Wildman–Crippen MR) is 79.9 cm³/mol. The Kier molecular flexibility index (Phi) is 3.13. The third-order valence-electron chi connectivity index (χ3n) is 4.05. The Hall–Kier alpha value is -1.68. The molecule has 0 spiro atoms. The fourth-order valence-electron chi connectivity index (χ4n) is 2.77. The number of benzene rings is 1. The fourth-order valence-corrected chi connectivity index (χ4v) is 2.77. The summed E-state index contributed by atoms with van der Waals surface area (Å²) in [5.41, 5.74) is 10.8. The number of nitrogens with zero attached hydrogens (tertiary/aromatic N) is 3. The minimum Gasteiger partial charge on any atom is -0.323 e. The van der Waals surface area contributed by atoms with E-state index in [1.54, 1.807) is 0 Å². The summed E-state index contributed by atoms with van der Waals surface area (Å²) in [6.45, 7) is 6.66. The van der Waals surface area contributed by atoms with Gasteiger partial charge in [-0.1, -0.05) is 38.1 Å². The first-order chi connectivity index (χ1) is 9.47. The van der Waals surface area contributed by atoms with Crippen molar-refractivity contribution in [3.05, 3.63) is 41.2 Å². The lowest BCUT2D eigenvalue weighted by Gasteiger charge is -2.20. The minimum atomic E-state index is 0.0429. The van der Waals surface area contributed by atoms with Crippen LogP contribution in [0.5, 0.6) is 0 Å². The largest absolute Gasteiger partial charge is 0.323 e. The van der Waals surface area contributed by atoms with Crippen LogP contribution < -0.4 is 5.73 Å². The van der Waals surface area contributed by atoms with Crippen molar-refractivity contribution < 1.29 is 0 Å². The van der Waals surface area contributed by atoms with Gasteiger partial charge in [0.2, 0.25) is 0 Å². The van der Waals surface area contributed by atoms with Gasteiger partial charge in [0.15, 0.2) is 0 Å². The van der Waals surface area contributed by atoms with Crippen molar-refractivity contribution >= 4 is 0 Å². The number of hydrogen-bond donors (Lipinski definition) is 1. The van der Waals surface area contributed by atoms with Crippen molar-refractivity contribution in [3.8, 4) is 5.69 Å². The molecule has 0 aliphatic heterocycles. The number of fused-ring (bicyclic) bond motifs is 1. The van der Waals surface area contributed by atoms with Crippen LogP contribution in [-0.4, -0.2) is 15.0 Å². The van der Waals surface area contributed by atoms with E-state index in [1.807, 2.05) is 4.68 Å². The molecule has 20 heavy (non-hydrogen) atoms. The Morgan fingerprint density at radius 3 is 2.55 bits per heavy atom. The summed E-state index contributed by atoms with van der Waals surface area (Å²) in [6, 6.07) is 8.63. The van der Waals surface area contributed by atoms with Crippen LogP contribution in [0, 0.1) is 0 Å². The SMILES string of the molecule is CC(C)(C)c1ccc(-n2nnc3c2CCCC3N)cc1. The maximum Gasteiger partial charge on any atom is 0.103 e. The zero-order valence-corrected chi connectivity index (χ0v) is 12.4. The number of nitrogens with two attached hydrogens (primary N) is 1. The first-order valence-corrected chi connectivity index (χ1v) is 7.28. The van der Waals surface area contributed by atoms with Crippen LogP contribution in [0.1, 0.15) is 56.6 Å². The second kappa shape index (κ2) is 4.70. The first kappa shape index (κ1) is 13.3. The molecule has 0 saturated heterocycles. The van der Waals surface area contributed by atoms with E-state index >= 15 is 0 Å². The molecule has 1 heterocycles. The van der Waals surface area contributed by atoms with Crippen LogP contribution in [0.25, 0.3) is 5.69 Å². The van der Waals surface area contributed by atoms with Gasteiger partial charge in [-0.3, -0.25) is 0 Å². The lowest BCUT2D eigenvalue weighted by molar-refractivity contribution is 0.550. The average Bonchev–Trinajstić information content (AvgIpc) is 2.83. The zero-order chi connectivity index (χ0) is 14.3. The minimum absolute atomic E-state index is 0.0429. The van der Waals surface area contributed by atoms with Crippen LogP contribution in [0.15, 0.2) is 24.3 Å². The molecule has 0 bridgehead atoms. The van der Waals surface area contributed by atoms with Gasteiger partial charge in [0.25, 0.3) is 0 Å². The maximum absolute atomic E-state index is 6.10. The maximum atomic E-state index is 6.10. The highest BCUT2D eigenvalue weighted by Crippen LogP contribution is 2.28. The molecule has 2 aromatic rings. The smallest absolute Gasteiger partial charge is 0.103 e. The van der Waals surface area contributed by atoms with Gasteiger partial charge in [-0.25, -0.2) is 4.68 Å². The second-order valence-electron chi connectivity index (χ2n) is 6.63. The van der Waals surface area contributed by atoms with Crippen LogP contribution in [-0.2, 0) is 11.8 Å². The van der Waals surface area contributed by atoms with Crippen molar-refractivity contribution in [2.45, 2.75) is 51.5 Å². The lowest BCUT2D eigenvalue weighted by atomic mass is 9.87. The molecule has 1 aromatic carbocycles. The van der Waals surface area contributed by atoms with E-state index in [2.05, 4.69) is 55.3 Å². The monoisotopic (exact) mass is 270 g/mol. The molecule has 0 radical (unpaired) electrons. The highest BCUT2D eigenvalue weighted by molar-refractivity contribution is 5.38. The molecule has 1 aromatic heterocycles. The molecule has 1 aliphatic rings. The topological polar surface area (TPSA) is 56.7 Å². The first-order valence-electron chi connectivity index (χ1n) is 7.28. The summed E-state index contributed by atoms with van der Waals surface area (Å²) in [7, 11) is 0. The number of hydrogen-bond acceptors (Lipinski definition) is 3. The van der Waals surface area contributed by atoms with Gasteiger partial charge in [-0.2, -0.15) is 0 Å². The van der Waals surface area contributed by atoms with Crippen LogP contribution in [0.2, 0.25) is 0 Å². The summed E-state index contributed by atoms with van der Waals surface area (Å²) < 4.78 is 1.95. The van der Waals surface area contributed by atoms with Gasteiger partial charge in [0, 0.05) is 0 Å². The third-order valence-corrected chi connectivity index (χ3v) is 4.05. The number of aromatic nitrogens is 3. The number of rotatable bonds is 1. The Morgan fingerprint density at radius 1 is 1.20 bits per heavy atom. The Morgan fingerprint density at radius 2 is 1.90 bits per heavy atom. The fraction of sp³-hybridized carbons (Fsp3) is 0.500. The Labute approximate surface area is 120 Å². The molecule has 1 aliphatic carbocycles. The molecule has 3 rings (SSSR count). The zero-order valence-electron chi connectivity index (χ0n) is 12.4. The van der Waals surface area contributed by atoms with E-state index in [0.29, 0.717) is 0 Å². The summed E-state index contributed by atoms with van der Waals surface area (Å²) in [4.78, 5) is 0. The Balaban J connectivity index is 1.98. The van der Waals surface area contributed by atoms with E-state index < -0.39 is 0 Å². The highest BCUT2D eigenvalue weighted by Gasteiger charge is 2.24. The lowest BCUT2D eigenvalue weighted by Crippen LogP contribution is -2.18. The third kappa shape index (κ3) is 2.24. The quantitative estimate of drug-likeness (QED) is 0.867. The normalized spacial score (nSPS) is 18.9. The van der Waals surface area contributed by atoms with Gasteiger partial charge in [0.05, 0.1) is 17.4 Å². The van der Waals surface area contributed by atoms with Crippen LogP contribution in [0.3, 0.4) is 0 Å². The van der Waals surface area contributed by atoms with Crippen molar-refractivity contribution in [2.75, 3.05) is 0 Å². The molecule has 106 valence electrons. The van der Waals surface area contributed by atoms with Crippen molar-refractivity contribution in [1.29, 1.82) is 0 Å². The van der Waals surface area contributed by atoms with E-state index in [-0.39, 0.29) is 11.5 Å². The molecule has 1 atom stereocenters. The summed E-state index contributed by atoms with van der Waals surface area (Å²) in [5, 5.41) is 8.57. The van der Waals surface area contributed by atoms with Crippen molar-refractivity contribution in [1.82, 2.24) is 15.0 Å². The molecule has 0 amide bonds.